The highest BCUT2D eigenvalue weighted by Crippen LogP contribution is 2.05. The summed E-state index contributed by atoms with van der Waals surface area (Å²) < 4.78 is 0. The molecule has 2 nitrogen and oxygen atoms in total. The minimum atomic E-state index is 0.0881. The molecule has 2 rings (SSSR count). The van der Waals surface area contributed by atoms with E-state index in [4.69, 9.17) is 0 Å². The third-order valence-corrected chi connectivity index (χ3v) is 3.37. The lowest BCUT2D eigenvalue weighted by atomic mass is 10.1. The number of nitrogens with one attached hydrogen (secondary N) is 1. The molecule has 2 aromatic rings. The Kier molecular flexibility index (Phi) is 5.36. The van der Waals surface area contributed by atoms with E-state index in [1.54, 1.807) is 0 Å². The number of benzene rings is 2. The third kappa shape index (κ3) is 4.54. The number of amides is 1. The maximum Gasteiger partial charge on any atom is 0.224 e. The molecule has 104 valence electrons. The zero-order valence-electron chi connectivity index (χ0n) is 11.9. The fraction of sp³-hybridized carbons (Fsp3) is 0.278. The number of rotatable bonds is 6. The van der Waals surface area contributed by atoms with Gasteiger partial charge in [0.25, 0.3) is 0 Å². The van der Waals surface area contributed by atoms with E-state index in [0.29, 0.717) is 13.0 Å². The Labute approximate surface area is 120 Å². The molecule has 0 saturated carbocycles. The van der Waals surface area contributed by atoms with Gasteiger partial charge in [-0.25, -0.2) is 0 Å². The lowest BCUT2D eigenvalue weighted by Crippen LogP contribution is -2.27. The van der Waals surface area contributed by atoms with Gasteiger partial charge in [0.1, 0.15) is 0 Å². The molecule has 0 bridgehead atoms. The zero-order chi connectivity index (χ0) is 14.2. The molecule has 20 heavy (non-hydrogen) atoms. The molecule has 1 N–H and O–H groups in total. The molecule has 0 fully saturated rings. The fourth-order valence-electron chi connectivity index (χ4n) is 2.13. The van der Waals surface area contributed by atoms with Crippen molar-refractivity contribution in [3.8, 4) is 0 Å². The van der Waals surface area contributed by atoms with Gasteiger partial charge in [-0.2, -0.15) is 0 Å². The van der Waals surface area contributed by atoms with Gasteiger partial charge < -0.3 is 5.32 Å². The van der Waals surface area contributed by atoms with Crippen LogP contribution in [-0.4, -0.2) is 12.5 Å². The lowest BCUT2D eigenvalue weighted by Gasteiger charge is -2.06. The molecule has 2 aromatic carbocycles. The van der Waals surface area contributed by atoms with Crippen LogP contribution >= 0.6 is 0 Å². The molecular formula is C18H21NO. The van der Waals surface area contributed by atoms with Gasteiger partial charge in [0.2, 0.25) is 5.91 Å². The van der Waals surface area contributed by atoms with E-state index in [0.717, 1.165) is 18.4 Å². The molecule has 0 unspecified atom stereocenters. The predicted octanol–water partition coefficient (Wildman–Crippen LogP) is 3.15. The van der Waals surface area contributed by atoms with Gasteiger partial charge in [-0.15, -0.1) is 0 Å². The molecule has 0 aromatic heterocycles. The van der Waals surface area contributed by atoms with Gasteiger partial charge in [0.05, 0.1) is 6.42 Å². The van der Waals surface area contributed by atoms with Crippen LogP contribution in [0.15, 0.2) is 54.6 Å². The first-order chi connectivity index (χ1) is 9.78. The summed E-state index contributed by atoms with van der Waals surface area (Å²) >= 11 is 0. The molecule has 0 aliphatic heterocycles. The molecule has 0 aliphatic carbocycles. The van der Waals surface area contributed by atoms with Crippen LogP contribution < -0.4 is 5.32 Å². The number of hydrogen-bond donors (Lipinski definition) is 1. The zero-order valence-corrected chi connectivity index (χ0v) is 11.9. The van der Waals surface area contributed by atoms with Crippen molar-refractivity contribution >= 4 is 5.91 Å². The number of aryl methyl sites for hydroxylation is 1. The SMILES string of the molecule is CCc1ccc(CC(=O)NCCc2ccccc2)cc1. The molecule has 0 saturated heterocycles. The maximum atomic E-state index is 11.8. The molecule has 0 heterocycles. The van der Waals surface area contributed by atoms with Crippen LogP contribution in [-0.2, 0) is 24.1 Å². The van der Waals surface area contributed by atoms with Crippen molar-refractivity contribution in [1.29, 1.82) is 0 Å². The maximum absolute atomic E-state index is 11.8. The van der Waals surface area contributed by atoms with Crippen LogP contribution in [0.1, 0.15) is 23.6 Å². The van der Waals surface area contributed by atoms with Crippen molar-refractivity contribution in [2.45, 2.75) is 26.2 Å². The van der Waals surface area contributed by atoms with Gasteiger partial charge >= 0.3 is 0 Å². The second-order valence-electron chi connectivity index (χ2n) is 4.93. The van der Waals surface area contributed by atoms with Crippen molar-refractivity contribution in [1.82, 2.24) is 5.32 Å². The fourth-order valence-corrected chi connectivity index (χ4v) is 2.13. The first-order valence-electron chi connectivity index (χ1n) is 7.16. The Hall–Kier alpha value is -2.09. The number of carbonyl (C=O) groups is 1. The van der Waals surface area contributed by atoms with Crippen LogP contribution in [0.3, 0.4) is 0 Å². The summed E-state index contributed by atoms with van der Waals surface area (Å²) in [6.45, 7) is 2.82. The summed E-state index contributed by atoms with van der Waals surface area (Å²) in [5, 5.41) is 2.97. The standard InChI is InChI=1S/C18H21NO/c1-2-15-8-10-17(11-9-15)14-18(20)19-13-12-16-6-4-3-5-7-16/h3-11H,2,12-14H2,1H3,(H,19,20). The van der Waals surface area contributed by atoms with Crippen molar-refractivity contribution < 1.29 is 4.79 Å². The molecule has 2 heteroatoms. The summed E-state index contributed by atoms with van der Waals surface area (Å²) in [4.78, 5) is 11.8. The van der Waals surface area contributed by atoms with Gasteiger partial charge in [0.15, 0.2) is 0 Å². The van der Waals surface area contributed by atoms with Crippen molar-refractivity contribution in [3.05, 3.63) is 71.3 Å². The van der Waals surface area contributed by atoms with Gasteiger partial charge in [-0.05, 0) is 29.5 Å². The highest BCUT2D eigenvalue weighted by atomic mass is 16.1. The van der Waals surface area contributed by atoms with Gasteiger partial charge in [-0.3, -0.25) is 4.79 Å². The molecule has 0 spiro atoms. The van der Waals surface area contributed by atoms with Crippen molar-refractivity contribution in [3.63, 3.8) is 0 Å². The number of carbonyl (C=O) groups excluding carboxylic acids is 1. The predicted molar refractivity (Wildman–Crippen MR) is 82.7 cm³/mol. The van der Waals surface area contributed by atoms with Crippen LogP contribution in [0, 0.1) is 0 Å². The first-order valence-corrected chi connectivity index (χ1v) is 7.16. The molecule has 0 radical (unpaired) electrons. The van der Waals surface area contributed by atoms with E-state index in [1.807, 2.05) is 30.3 Å². The Morgan fingerprint density at radius 2 is 1.55 bits per heavy atom. The summed E-state index contributed by atoms with van der Waals surface area (Å²) in [7, 11) is 0. The van der Waals surface area contributed by atoms with Gasteiger partial charge in [0, 0.05) is 6.54 Å². The topological polar surface area (TPSA) is 29.1 Å². The Morgan fingerprint density at radius 1 is 0.900 bits per heavy atom. The van der Waals surface area contributed by atoms with E-state index in [2.05, 4.69) is 36.5 Å². The summed E-state index contributed by atoms with van der Waals surface area (Å²) in [6, 6.07) is 18.5. The second-order valence-corrected chi connectivity index (χ2v) is 4.93. The van der Waals surface area contributed by atoms with Crippen LogP contribution in [0.25, 0.3) is 0 Å². The van der Waals surface area contributed by atoms with Crippen LogP contribution in [0.5, 0.6) is 0 Å². The van der Waals surface area contributed by atoms with Crippen molar-refractivity contribution in [2.75, 3.05) is 6.54 Å². The first kappa shape index (κ1) is 14.3. The Balaban J connectivity index is 1.74. The summed E-state index contributed by atoms with van der Waals surface area (Å²) in [5.41, 5.74) is 3.62. The highest BCUT2D eigenvalue weighted by Gasteiger charge is 2.03. The molecule has 0 atom stereocenters. The van der Waals surface area contributed by atoms with Crippen molar-refractivity contribution in [2.24, 2.45) is 0 Å². The summed E-state index contributed by atoms with van der Waals surface area (Å²) in [6.07, 6.45) is 2.36. The van der Waals surface area contributed by atoms with E-state index >= 15 is 0 Å². The van der Waals surface area contributed by atoms with E-state index < -0.39 is 0 Å². The second kappa shape index (κ2) is 7.49. The lowest BCUT2D eigenvalue weighted by molar-refractivity contribution is -0.120. The normalized spacial score (nSPS) is 10.2. The van der Waals surface area contributed by atoms with Crippen LogP contribution in [0.2, 0.25) is 0 Å². The Bertz CT molecular complexity index is 531. The van der Waals surface area contributed by atoms with Gasteiger partial charge in [-0.1, -0.05) is 61.5 Å². The minimum Gasteiger partial charge on any atom is -0.355 e. The van der Waals surface area contributed by atoms with Crippen LogP contribution in [0.4, 0.5) is 0 Å². The third-order valence-electron chi connectivity index (χ3n) is 3.37. The average molecular weight is 267 g/mol. The van der Waals surface area contributed by atoms with E-state index in [-0.39, 0.29) is 5.91 Å². The average Bonchev–Trinajstić information content (AvgIpc) is 2.49. The minimum absolute atomic E-state index is 0.0881. The molecule has 1 amide bonds. The monoisotopic (exact) mass is 267 g/mol. The number of hydrogen-bond acceptors (Lipinski definition) is 1. The Morgan fingerprint density at radius 3 is 2.20 bits per heavy atom. The summed E-state index contributed by atoms with van der Waals surface area (Å²) in [5.74, 6) is 0.0881. The van der Waals surface area contributed by atoms with E-state index in [9.17, 15) is 4.79 Å². The largest absolute Gasteiger partial charge is 0.355 e. The van der Waals surface area contributed by atoms with E-state index in [1.165, 1.54) is 11.1 Å². The quantitative estimate of drug-likeness (QED) is 0.856. The smallest absolute Gasteiger partial charge is 0.224 e. The molecular weight excluding hydrogens is 246 g/mol. The molecule has 0 aliphatic rings. The highest BCUT2D eigenvalue weighted by molar-refractivity contribution is 5.78.